The molecule has 2 nitrogen and oxygen atoms in total. The van der Waals surface area contributed by atoms with Crippen molar-refractivity contribution in [2.75, 3.05) is 0 Å². The summed E-state index contributed by atoms with van der Waals surface area (Å²) in [5.74, 6) is 5.87. The van der Waals surface area contributed by atoms with Gasteiger partial charge in [-0.1, -0.05) is 27.7 Å². The van der Waals surface area contributed by atoms with Crippen LogP contribution in [0, 0.1) is 46.8 Å². The van der Waals surface area contributed by atoms with Gasteiger partial charge >= 0.3 is 0 Å². The van der Waals surface area contributed by atoms with Gasteiger partial charge in [0.25, 0.3) is 0 Å². The fraction of sp³-hybridized carbons (Fsp3) is 1.00. The molecule has 29 heavy (non-hydrogen) atoms. The molecule has 4 aliphatic rings. The lowest BCUT2D eigenvalue weighted by atomic mass is 9.48. The summed E-state index contributed by atoms with van der Waals surface area (Å²) < 4.78 is 0. The van der Waals surface area contributed by atoms with Crippen LogP contribution < -0.4 is 0 Å². The second kappa shape index (κ2) is 8.45. The van der Waals surface area contributed by atoms with Crippen LogP contribution in [0.4, 0.5) is 0 Å². The Morgan fingerprint density at radius 2 is 1.66 bits per heavy atom. The summed E-state index contributed by atoms with van der Waals surface area (Å²) in [6.07, 6.45) is 15.8. The lowest BCUT2D eigenvalue weighted by molar-refractivity contribution is -0.108. The molecule has 4 aliphatic carbocycles. The molecule has 0 heterocycles. The van der Waals surface area contributed by atoms with E-state index in [0.717, 1.165) is 74.0 Å². The maximum Gasteiger partial charge on any atom is 0.0648 e. The Labute approximate surface area is 180 Å². The zero-order valence-corrected chi connectivity index (χ0v) is 19.7. The van der Waals surface area contributed by atoms with Crippen LogP contribution in [0.3, 0.4) is 0 Å². The molecule has 3 unspecified atom stereocenters. The molecular formula is C27H48O2. The van der Waals surface area contributed by atoms with E-state index in [1.54, 1.807) is 0 Å². The second-order valence-electron chi connectivity index (χ2n) is 12.4. The molecule has 168 valence electrons. The Morgan fingerprint density at radius 1 is 0.897 bits per heavy atom. The van der Waals surface area contributed by atoms with Crippen LogP contribution in [0.5, 0.6) is 0 Å². The highest BCUT2D eigenvalue weighted by Gasteiger charge is 2.57. The van der Waals surface area contributed by atoms with Crippen molar-refractivity contribution >= 4 is 0 Å². The fourth-order valence-electron chi connectivity index (χ4n) is 8.75. The van der Waals surface area contributed by atoms with Crippen molar-refractivity contribution in [3.63, 3.8) is 0 Å². The van der Waals surface area contributed by atoms with Crippen LogP contribution in [-0.2, 0) is 0 Å². The largest absolute Gasteiger partial charge is 0.393 e. The van der Waals surface area contributed by atoms with Gasteiger partial charge in [-0.3, -0.25) is 0 Å². The van der Waals surface area contributed by atoms with Crippen LogP contribution in [0.2, 0.25) is 0 Å². The van der Waals surface area contributed by atoms with Crippen molar-refractivity contribution in [1.29, 1.82) is 0 Å². The van der Waals surface area contributed by atoms with Gasteiger partial charge < -0.3 is 10.2 Å². The molecule has 0 radical (unpaired) electrons. The van der Waals surface area contributed by atoms with E-state index in [4.69, 9.17) is 0 Å². The molecule has 0 saturated heterocycles. The highest BCUT2D eigenvalue weighted by molar-refractivity contribution is 5.07. The summed E-state index contributed by atoms with van der Waals surface area (Å²) in [7, 11) is 0. The van der Waals surface area contributed by atoms with Gasteiger partial charge in [-0.2, -0.15) is 0 Å². The smallest absolute Gasteiger partial charge is 0.0648 e. The standard InChI is InChI=1S/C27H48O2/c1-5-27(29)15-13-22-19(17-27)7-10-24-23(22)12-14-26(4)20(8-11-25(24)26)16-21(28)9-6-18(2)3/h18-25,28-29H,5-17H2,1-4H3/t19-,20-,21?,22+,23?,24-,25?,26-,27+/m1/s1. The van der Waals surface area contributed by atoms with Crippen molar-refractivity contribution in [3.8, 4) is 0 Å². The van der Waals surface area contributed by atoms with E-state index in [-0.39, 0.29) is 11.7 Å². The number of rotatable bonds is 6. The van der Waals surface area contributed by atoms with Crippen molar-refractivity contribution in [2.45, 2.75) is 123 Å². The van der Waals surface area contributed by atoms with Crippen LogP contribution in [0.1, 0.15) is 111 Å². The van der Waals surface area contributed by atoms with E-state index >= 15 is 0 Å². The van der Waals surface area contributed by atoms with Crippen molar-refractivity contribution in [3.05, 3.63) is 0 Å². The van der Waals surface area contributed by atoms with Crippen molar-refractivity contribution < 1.29 is 10.2 Å². The van der Waals surface area contributed by atoms with Crippen LogP contribution in [-0.4, -0.2) is 21.9 Å². The summed E-state index contributed by atoms with van der Waals surface area (Å²) in [6.45, 7) is 9.31. The summed E-state index contributed by atoms with van der Waals surface area (Å²) >= 11 is 0. The zero-order chi connectivity index (χ0) is 20.8. The first-order valence-corrected chi connectivity index (χ1v) is 13.2. The van der Waals surface area contributed by atoms with E-state index < -0.39 is 0 Å². The van der Waals surface area contributed by atoms with E-state index in [9.17, 15) is 10.2 Å². The maximum atomic E-state index is 10.9. The van der Waals surface area contributed by atoms with Gasteiger partial charge in [0.2, 0.25) is 0 Å². The third-order valence-corrected chi connectivity index (χ3v) is 10.6. The molecule has 4 fully saturated rings. The zero-order valence-electron chi connectivity index (χ0n) is 19.7. The Balaban J connectivity index is 1.40. The molecule has 0 aliphatic heterocycles. The Hall–Kier alpha value is -0.0800. The molecule has 0 bridgehead atoms. The minimum Gasteiger partial charge on any atom is -0.393 e. The fourth-order valence-corrected chi connectivity index (χ4v) is 8.75. The topological polar surface area (TPSA) is 40.5 Å². The van der Waals surface area contributed by atoms with E-state index in [2.05, 4.69) is 27.7 Å². The average Bonchev–Trinajstić information content (AvgIpc) is 3.02. The number of aliphatic hydroxyl groups excluding tert-OH is 1. The number of hydrogen-bond acceptors (Lipinski definition) is 2. The Morgan fingerprint density at radius 3 is 2.38 bits per heavy atom. The molecule has 4 rings (SSSR count). The van der Waals surface area contributed by atoms with E-state index in [1.807, 2.05) is 0 Å². The van der Waals surface area contributed by atoms with Gasteiger partial charge in [0.15, 0.2) is 0 Å². The molecule has 4 saturated carbocycles. The first-order chi connectivity index (χ1) is 13.8. The van der Waals surface area contributed by atoms with Gasteiger partial charge in [-0.25, -0.2) is 0 Å². The minimum absolute atomic E-state index is 0.0866. The van der Waals surface area contributed by atoms with Gasteiger partial charge in [-0.05, 0) is 130 Å². The predicted molar refractivity (Wildman–Crippen MR) is 121 cm³/mol. The molecule has 0 aromatic heterocycles. The summed E-state index contributed by atoms with van der Waals surface area (Å²) in [6, 6.07) is 0. The maximum absolute atomic E-state index is 10.9. The van der Waals surface area contributed by atoms with Gasteiger partial charge in [0, 0.05) is 0 Å². The summed E-state index contributed by atoms with van der Waals surface area (Å²) in [4.78, 5) is 0. The van der Waals surface area contributed by atoms with Crippen LogP contribution >= 0.6 is 0 Å². The normalized spacial score (nSPS) is 48.1. The molecule has 0 spiro atoms. The van der Waals surface area contributed by atoms with Crippen molar-refractivity contribution in [2.24, 2.45) is 46.8 Å². The monoisotopic (exact) mass is 404 g/mol. The molecular weight excluding hydrogens is 356 g/mol. The number of fused-ring (bicyclic) bond motifs is 5. The molecule has 2 heteroatoms. The molecule has 2 N–H and O–H groups in total. The summed E-state index contributed by atoms with van der Waals surface area (Å²) in [5.41, 5.74) is 0.118. The third kappa shape index (κ3) is 4.19. The molecule has 9 atom stereocenters. The first kappa shape index (κ1) is 22.1. The van der Waals surface area contributed by atoms with Gasteiger partial charge in [0.1, 0.15) is 0 Å². The lowest BCUT2D eigenvalue weighted by Gasteiger charge is -2.57. The second-order valence-corrected chi connectivity index (χ2v) is 12.4. The molecule has 0 aromatic carbocycles. The lowest BCUT2D eigenvalue weighted by Crippen LogP contribution is -2.51. The van der Waals surface area contributed by atoms with Gasteiger partial charge in [-0.15, -0.1) is 0 Å². The summed E-state index contributed by atoms with van der Waals surface area (Å²) in [5, 5.41) is 21.6. The van der Waals surface area contributed by atoms with E-state index in [1.165, 1.54) is 44.9 Å². The van der Waals surface area contributed by atoms with Gasteiger partial charge in [0.05, 0.1) is 11.7 Å². The highest BCUT2D eigenvalue weighted by atomic mass is 16.3. The molecule has 0 amide bonds. The Bertz CT molecular complexity index is 559. The quantitative estimate of drug-likeness (QED) is 0.524. The van der Waals surface area contributed by atoms with Crippen LogP contribution in [0.25, 0.3) is 0 Å². The number of aliphatic hydroxyl groups is 2. The first-order valence-electron chi connectivity index (χ1n) is 13.2. The average molecular weight is 405 g/mol. The SMILES string of the molecule is CC[C@]1(O)CC[C@@H]2C3CC[C@@]4(C)C(CC[C@@H]4CC(O)CCC(C)C)[C@@H]3CC[C@@H]2C1. The predicted octanol–water partition coefficient (Wildman–Crippen LogP) is 6.58. The van der Waals surface area contributed by atoms with Crippen LogP contribution in [0.15, 0.2) is 0 Å². The molecule has 0 aromatic rings. The van der Waals surface area contributed by atoms with Crippen molar-refractivity contribution in [1.82, 2.24) is 0 Å². The minimum atomic E-state index is -0.359. The van der Waals surface area contributed by atoms with E-state index in [0.29, 0.717) is 11.3 Å². The number of hydrogen-bond donors (Lipinski definition) is 2. The Kier molecular flexibility index (Phi) is 6.45. The highest BCUT2D eigenvalue weighted by Crippen LogP contribution is 2.65. The third-order valence-electron chi connectivity index (χ3n) is 10.6.